The second kappa shape index (κ2) is 8.89. The predicted octanol–water partition coefficient (Wildman–Crippen LogP) is 5.41. The average Bonchev–Trinajstić information content (AvgIpc) is 3.61. The number of benzene rings is 2. The van der Waals surface area contributed by atoms with Gasteiger partial charge in [-0.2, -0.15) is 0 Å². The van der Waals surface area contributed by atoms with Gasteiger partial charge in [0.1, 0.15) is 11.4 Å². The number of aromatic nitrogens is 1. The Labute approximate surface area is 213 Å². The van der Waals surface area contributed by atoms with Crippen LogP contribution in [0.3, 0.4) is 0 Å². The Morgan fingerprint density at radius 2 is 2.00 bits per heavy atom. The molecule has 6 rings (SSSR count). The molecule has 2 aromatic carbocycles. The summed E-state index contributed by atoms with van der Waals surface area (Å²) >= 11 is 6.33. The quantitative estimate of drug-likeness (QED) is 0.416. The van der Waals surface area contributed by atoms with Crippen molar-refractivity contribution in [2.45, 2.75) is 37.8 Å². The first kappa shape index (κ1) is 23.5. The molecule has 1 atom stereocenters. The summed E-state index contributed by atoms with van der Waals surface area (Å²) in [7, 11) is 1.73. The van der Waals surface area contributed by atoms with E-state index in [9.17, 15) is 14.0 Å². The second-order valence-corrected chi connectivity index (χ2v) is 10.7. The van der Waals surface area contributed by atoms with Gasteiger partial charge >= 0.3 is 5.97 Å². The van der Waals surface area contributed by atoms with E-state index in [0.29, 0.717) is 55.0 Å². The summed E-state index contributed by atoms with van der Waals surface area (Å²) in [6, 6.07) is 9.89. The maximum absolute atomic E-state index is 13.7. The van der Waals surface area contributed by atoms with Crippen molar-refractivity contribution in [3.05, 3.63) is 70.1 Å². The van der Waals surface area contributed by atoms with Crippen molar-refractivity contribution < 1.29 is 23.5 Å². The second-order valence-electron chi connectivity index (χ2n) is 10.3. The first-order valence-corrected chi connectivity index (χ1v) is 12.9. The number of hydrogen-bond donors (Lipinski definition) is 0. The first-order valence-electron chi connectivity index (χ1n) is 12.5. The number of ether oxygens (including phenoxy) is 2. The minimum atomic E-state index is -0.796. The smallest absolute Gasteiger partial charge is 0.339 e. The largest absolute Gasteiger partial charge is 0.450 e. The zero-order valence-corrected chi connectivity index (χ0v) is 20.9. The number of fused-ring (bicyclic) bond motifs is 3. The van der Waals surface area contributed by atoms with Crippen molar-refractivity contribution in [1.29, 1.82) is 0 Å². The molecule has 1 saturated heterocycles. The van der Waals surface area contributed by atoms with Gasteiger partial charge in [0.2, 0.25) is 0 Å². The molecule has 1 amide bonds. The lowest BCUT2D eigenvalue weighted by Gasteiger charge is -2.38. The van der Waals surface area contributed by atoms with Gasteiger partial charge in [-0.25, -0.2) is 9.18 Å². The fraction of sp³-hybridized carbons (Fsp3) is 0.429. The zero-order chi connectivity index (χ0) is 25.0. The lowest BCUT2D eigenvalue weighted by Crippen LogP contribution is -2.45. The van der Waals surface area contributed by atoms with E-state index in [1.165, 1.54) is 25.0 Å². The Bertz CT molecular complexity index is 1360. The van der Waals surface area contributed by atoms with Gasteiger partial charge < -0.3 is 18.9 Å². The summed E-state index contributed by atoms with van der Waals surface area (Å²) in [6.45, 7) is 2.34. The van der Waals surface area contributed by atoms with Gasteiger partial charge in [0.25, 0.3) is 5.91 Å². The molecule has 0 bridgehead atoms. The molecule has 3 aliphatic rings. The molecule has 3 heterocycles. The zero-order valence-electron chi connectivity index (χ0n) is 20.1. The lowest BCUT2D eigenvalue weighted by molar-refractivity contribution is -0.0389. The number of rotatable bonds is 6. The van der Waals surface area contributed by atoms with Crippen molar-refractivity contribution in [2.24, 2.45) is 11.8 Å². The molecule has 1 unspecified atom stereocenters. The number of methoxy groups -OCH3 is 1. The molecule has 1 aliphatic carbocycles. The molecule has 0 radical (unpaired) electrons. The van der Waals surface area contributed by atoms with Gasteiger partial charge in [-0.05, 0) is 43.0 Å². The van der Waals surface area contributed by atoms with Gasteiger partial charge in [0.15, 0.2) is 0 Å². The van der Waals surface area contributed by atoms with Crippen LogP contribution >= 0.6 is 11.6 Å². The van der Waals surface area contributed by atoms with Crippen molar-refractivity contribution in [1.82, 2.24) is 9.47 Å². The van der Waals surface area contributed by atoms with E-state index in [4.69, 9.17) is 21.1 Å². The molecule has 6 nitrogen and oxygen atoms in total. The summed E-state index contributed by atoms with van der Waals surface area (Å²) in [4.78, 5) is 27.9. The maximum Gasteiger partial charge on any atom is 0.339 e. The molecule has 188 valence electrons. The van der Waals surface area contributed by atoms with Crippen LogP contribution in [0.5, 0.6) is 0 Å². The van der Waals surface area contributed by atoms with Crippen molar-refractivity contribution in [2.75, 3.05) is 26.8 Å². The number of nitrogens with zero attached hydrogens (tertiary/aromatic N) is 2. The predicted molar refractivity (Wildman–Crippen MR) is 134 cm³/mol. The summed E-state index contributed by atoms with van der Waals surface area (Å²) < 4.78 is 27.1. The van der Waals surface area contributed by atoms with Gasteiger partial charge in [0.05, 0.1) is 23.3 Å². The van der Waals surface area contributed by atoms with E-state index >= 15 is 0 Å². The maximum atomic E-state index is 13.7. The highest BCUT2D eigenvalue weighted by atomic mass is 35.5. The van der Waals surface area contributed by atoms with Crippen LogP contribution in [0.25, 0.3) is 10.9 Å². The van der Waals surface area contributed by atoms with E-state index in [-0.39, 0.29) is 11.5 Å². The third-order valence-corrected chi connectivity index (χ3v) is 8.25. The number of carbonyl (C=O) groups is 2. The Morgan fingerprint density at radius 1 is 1.22 bits per heavy atom. The van der Waals surface area contributed by atoms with E-state index in [1.54, 1.807) is 13.2 Å². The van der Waals surface area contributed by atoms with E-state index in [2.05, 4.69) is 4.57 Å². The van der Waals surface area contributed by atoms with Crippen LogP contribution in [0.2, 0.25) is 5.02 Å². The molecule has 1 aromatic heterocycles. The topological polar surface area (TPSA) is 60.8 Å². The minimum Gasteiger partial charge on any atom is -0.450 e. The van der Waals surface area contributed by atoms with Gasteiger partial charge in [-0.15, -0.1) is 0 Å². The number of piperidine rings is 1. The van der Waals surface area contributed by atoms with Gasteiger partial charge in [0, 0.05) is 67.7 Å². The number of likely N-dealkylation sites (tertiary alicyclic amines) is 1. The van der Waals surface area contributed by atoms with Gasteiger partial charge in [-0.1, -0.05) is 23.7 Å². The highest BCUT2D eigenvalue weighted by molar-refractivity contribution is 6.31. The van der Waals surface area contributed by atoms with Crippen molar-refractivity contribution in [3.63, 3.8) is 0 Å². The van der Waals surface area contributed by atoms with Crippen LogP contribution in [0.15, 0.2) is 42.6 Å². The third kappa shape index (κ3) is 3.98. The summed E-state index contributed by atoms with van der Waals surface area (Å²) in [5, 5.41) is 1.51. The number of esters is 1. The fourth-order valence-electron chi connectivity index (χ4n) is 5.94. The molecule has 8 heteroatoms. The van der Waals surface area contributed by atoms with Crippen LogP contribution in [0, 0.1) is 17.7 Å². The van der Waals surface area contributed by atoms with Crippen LogP contribution in [0.4, 0.5) is 4.39 Å². The van der Waals surface area contributed by atoms with Gasteiger partial charge in [-0.3, -0.25) is 4.79 Å². The number of halogens is 2. The summed E-state index contributed by atoms with van der Waals surface area (Å²) in [5.41, 5.74) is 1.81. The monoisotopic (exact) mass is 510 g/mol. The number of hydrogen-bond acceptors (Lipinski definition) is 4. The highest BCUT2D eigenvalue weighted by Crippen LogP contribution is 2.45. The number of amides is 1. The Morgan fingerprint density at radius 3 is 2.72 bits per heavy atom. The standard InChI is InChI=1S/C28H28ClFN2O4/c1-35-16-18(17-2-3-17)14-32-15-23(21-6-4-19(29)12-25(21)32)26(33)31-10-8-28(9-11-31)24-7-5-20(30)13-22(24)27(34)36-28/h4-7,12-13,15,17-18H,2-3,8-11,14,16H2,1H3. The third-order valence-electron chi connectivity index (χ3n) is 8.01. The molecule has 0 N–H and O–H groups in total. The molecular formula is C28H28ClFN2O4. The SMILES string of the molecule is COCC(Cn1cc(C(=O)N2CCC3(CC2)OC(=O)c2cc(F)ccc23)c2ccc(Cl)cc21)C1CC1. The van der Waals surface area contributed by atoms with Crippen LogP contribution in [-0.4, -0.2) is 48.1 Å². The number of carbonyl (C=O) groups excluding carboxylic acids is 2. The first-order chi connectivity index (χ1) is 17.4. The molecule has 2 aliphatic heterocycles. The molecule has 1 spiro atoms. The molecule has 36 heavy (non-hydrogen) atoms. The molecular weight excluding hydrogens is 483 g/mol. The van der Waals surface area contributed by atoms with Crippen molar-refractivity contribution >= 4 is 34.4 Å². The van der Waals surface area contributed by atoms with E-state index < -0.39 is 17.4 Å². The lowest BCUT2D eigenvalue weighted by atomic mass is 9.83. The fourth-order valence-corrected chi connectivity index (χ4v) is 6.11. The van der Waals surface area contributed by atoms with E-state index in [0.717, 1.165) is 23.0 Å². The minimum absolute atomic E-state index is 0.0470. The average molecular weight is 511 g/mol. The molecule has 2 fully saturated rings. The Balaban J connectivity index is 1.25. The van der Waals surface area contributed by atoms with Crippen LogP contribution in [0.1, 0.15) is 52.0 Å². The highest BCUT2D eigenvalue weighted by Gasteiger charge is 2.48. The summed E-state index contributed by atoms with van der Waals surface area (Å²) in [5.74, 6) is 0.0508. The summed E-state index contributed by atoms with van der Waals surface area (Å²) in [6.07, 6.45) is 5.34. The van der Waals surface area contributed by atoms with E-state index in [1.807, 2.05) is 29.3 Å². The van der Waals surface area contributed by atoms with Crippen LogP contribution < -0.4 is 0 Å². The Hall–Kier alpha value is -2.90. The Kier molecular flexibility index (Phi) is 5.80. The van der Waals surface area contributed by atoms with Crippen LogP contribution in [-0.2, 0) is 21.6 Å². The normalized spacial score (nSPS) is 19.5. The molecule has 3 aromatic rings. The van der Waals surface area contributed by atoms with Crippen molar-refractivity contribution in [3.8, 4) is 0 Å². The molecule has 1 saturated carbocycles.